The predicted octanol–water partition coefficient (Wildman–Crippen LogP) is 2.36. The van der Waals surface area contributed by atoms with E-state index in [1.807, 2.05) is 7.05 Å². The average molecular weight is 356 g/mol. The van der Waals surface area contributed by atoms with Crippen molar-refractivity contribution in [1.29, 1.82) is 0 Å². The summed E-state index contributed by atoms with van der Waals surface area (Å²) in [7, 11) is 2.02. The van der Waals surface area contributed by atoms with Crippen molar-refractivity contribution in [1.82, 2.24) is 10.2 Å². The van der Waals surface area contributed by atoms with E-state index >= 15 is 0 Å². The summed E-state index contributed by atoms with van der Waals surface area (Å²) in [5.74, 6) is -1.08. The van der Waals surface area contributed by atoms with E-state index in [-0.39, 0.29) is 23.3 Å². The van der Waals surface area contributed by atoms with E-state index < -0.39 is 5.97 Å². The molecule has 0 bridgehead atoms. The van der Waals surface area contributed by atoms with Crippen LogP contribution in [-0.2, 0) is 0 Å². The van der Waals surface area contributed by atoms with Crippen molar-refractivity contribution in [2.45, 2.75) is 18.9 Å². The molecule has 3 N–H and O–H groups in total. The molecule has 0 radical (unpaired) electrons. The van der Waals surface area contributed by atoms with Gasteiger partial charge in [-0.15, -0.1) is 0 Å². The minimum absolute atomic E-state index is 0.0558. The minimum atomic E-state index is -1.08. The quantitative estimate of drug-likeness (QED) is 0.777. The molecule has 1 unspecified atom stereocenters. The van der Waals surface area contributed by atoms with Crippen LogP contribution in [0.5, 0.6) is 0 Å². The molecule has 2 rings (SSSR count). The van der Waals surface area contributed by atoms with Gasteiger partial charge in [0.05, 0.1) is 11.3 Å². The van der Waals surface area contributed by atoms with E-state index in [2.05, 4.69) is 31.5 Å². The summed E-state index contributed by atoms with van der Waals surface area (Å²) in [6.07, 6.45) is 1.97. The van der Waals surface area contributed by atoms with Crippen LogP contribution in [0.25, 0.3) is 0 Å². The highest BCUT2D eigenvalue weighted by Gasteiger charge is 2.20. The molecule has 1 aliphatic rings. The molecule has 0 aliphatic carbocycles. The molecular weight excluding hydrogens is 338 g/mol. The maximum absolute atomic E-state index is 12.1. The summed E-state index contributed by atoms with van der Waals surface area (Å²) in [6.45, 7) is 1.84. The first-order valence-electron chi connectivity index (χ1n) is 6.75. The van der Waals surface area contributed by atoms with E-state index in [1.54, 1.807) is 12.1 Å². The van der Waals surface area contributed by atoms with Crippen LogP contribution in [-0.4, -0.2) is 48.2 Å². The van der Waals surface area contributed by atoms with Gasteiger partial charge in [-0.1, -0.05) is 6.07 Å². The number of urea groups is 1. The van der Waals surface area contributed by atoms with Gasteiger partial charge in [0.1, 0.15) is 0 Å². The SMILES string of the molecule is CN1CCCC(NC(=O)Nc2c(Br)cccc2C(=O)O)C1. The molecule has 7 heteroatoms. The maximum atomic E-state index is 12.1. The number of carboxylic acid groups (broad SMARTS) is 1. The number of halogens is 1. The van der Waals surface area contributed by atoms with Crippen LogP contribution >= 0.6 is 15.9 Å². The van der Waals surface area contributed by atoms with Gasteiger partial charge in [0.2, 0.25) is 0 Å². The van der Waals surface area contributed by atoms with E-state index in [1.165, 1.54) is 6.07 Å². The fraction of sp³-hybridized carbons (Fsp3) is 0.429. The van der Waals surface area contributed by atoms with Crippen molar-refractivity contribution in [2.24, 2.45) is 0 Å². The highest BCUT2D eigenvalue weighted by molar-refractivity contribution is 9.10. The number of piperidine rings is 1. The van der Waals surface area contributed by atoms with Crippen molar-refractivity contribution in [2.75, 3.05) is 25.5 Å². The lowest BCUT2D eigenvalue weighted by atomic mass is 10.1. The topological polar surface area (TPSA) is 81.7 Å². The molecule has 21 heavy (non-hydrogen) atoms. The number of aromatic carboxylic acids is 1. The summed E-state index contributed by atoms with van der Waals surface area (Å²) in [5.41, 5.74) is 0.326. The molecule has 2 amide bonds. The van der Waals surface area contributed by atoms with Crippen molar-refractivity contribution in [3.63, 3.8) is 0 Å². The van der Waals surface area contributed by atoms with E-state index in [9.17, 15) is 9.59 Å². The molecule has 1 fully saturated rings. The molecule has 1 atom stereocenters. The number of carboxylic acids is 1. The molecule has 114 valence electrons. The van der Waals surface area contributed by atoms with Gasteiger partial charge in [0.15, 0.2) is 0 Å². The van der Waals surface area contributed by atoms with Gasteiger partial charge >= 0.3 is 12.0 Å². The largest absolute Gasteiger partial charge is 0.478 e. The third-order valence-electron chi connectivity index (χ3n) is 3.44. The van der Waals surface area contributed by atoms with Gasteiger partial charge < -0.3 is 20.6 Å². The highest BCUT2D eigenvalue weighted by Crippen LogP contribution is 2.26. The Bertz CT molecular complexity index is 550. The van der Waals surface area contributed by atoms with Crippen LogP contribution < -0.4 is 10.6 Å². The molecule has 6 nitrogen and oxygen atoms in total. The number of rotatable bonds is 3. The van der Waals surface area contributed by atoms with E-state index in [4.69, 9.17) is 5.11 Å². The molecule has 1 aromatic carbocycles. The van der Waals surface area contributed by atoms with E-state index in [0.717, 1.165) is 25.9 Å². The predicted molar refractivity (Wildman–Crippen MR) is 83.8 cm³/mol. The monoisotopic (exact) mass is 355 g/mol. The molecule has 1 saturated heterocycles. The fourth-order valence-corrected chi connectivity index (χ4v) is 2.91. The number of hydrogen-bond donors (Lipinski definition) is 3. The van der Waals surface area contributed by atoms with Crippen LogP contribution in [0.1, 0.15) is 23.2 Å². The number of carbonyl (C=O) groups is 2. The van der Waals surface area contributed by atoms with Crippen molar-refractivity contribution in [3.05, 3.63) is 28.2 Å². The number of anilines is 1. The summed E-state index contributed by atoms with van der Waals surface area (Å²) in [6, 6.07) is 4.46. The molecular formula is C14H18BrN3O3. The number of amides is 2. The van der Waals surface area contributed by atoms with Crippen molar-refractivity contribution < 1.29 is 14.7 Å². The Morgan fingerprint density at radius 2 is 2.19 bits per heavy atom. The second-order valence-electron chi connectivity index (χ2n) is 5.17. The van der Waals surface area contributed by atoms with E-state index in [0.29, 0.717) is 4.47 Å². The average Bonchev–Trinajstić information content (AvgIpc) is 2.40. The zero-order valence-electron chi connectivity index (χ0n) is 11.7. The van der Waals surface area contributed by atoms with Gasteiger partial charge in [0, 0.05) is 17.1 Å². The molecule has 0 aromatic heterocycles. The number of nitrogens with zero attached hydrogens (tertiary/aromatic N) is 1. The third-order valence-corrected chi connectivity index (χ3v) is 4.10. The number of para-hydroxylation sites is 1. The first-order valence-corrected chi connectivity index (χ1v) is 7.54. The Labute approximate surface area is 131 Å². The molecule has 1 aliphatic heterocycles. The Morgan fingerprint density at radius 3 is 2.86 bits per heavy atom. The molecule has 0 saturated carbocycles. The minimum Gasteiger partial charge on any atom is -0.478 e. The number of nitrogens with one attached hydrogen (secondary N) is 2. The standard InChI is InChI=1S/C14H18BrN3O3/c1-18-7-3-4-9(8-18)16-14(21)17-12-10(13(19)20)5-2-6-11(12)15/h2,5-6,9H,3-4,7-8H2,1H3,(H,19,20)(H2,16,17,21). The van der Waals surface area contributed by atoms with Gasteiger partial charge in [-0.05, 0) is 54.5 Å². The summed E-state index contributed by atoms with van der Waals surface area (Å²) in [4.78, 5) is 25.4. The zero-order valence-corrected chi connectivity index (χ0v) is 13.3. The van der Waals surface area contributed by atoms with Crippen LogP contribution in [0.2, 0.25) is 0 Å². The Kier molecular flexibility index (Phi) is 5.19. The van der Waals surface area contributed by atoms with Crippen LogP contribution in [0.15, 0.2) is 22.7 Å². The Morgan fingerprint density at radius 1 is 1.43 bits per heavy atom. The van der Waals surface area contributed by atoms with Gasteiger partial charge in [-0.25, -0.2) is 9.59 Å². The van der Waals surface area contributed by atoms with Gasteiger partial charge in [-0.3, -0.25) is 0 Å². The first kappa shape index (κ1) is 15.8. The molecule has 1 heterocycles. The fourth-order valence-electron chi connectivity index (χ4n) is 2.45. The number of carbonyl (C=O) groups excluding carboxylic acids is 1. The maximum Gasteiger partial charge on any atom is 0.337 e. The normalized spacial score (nSPS) is 19.0. The smallest absolute Gasteiger partial charge is 0.337 e. The summed E-state index contributed by atoms with van der Waals surface area (Å²) in [5, 5.41) is 14.7. The lowest BCUT2D eigenvalue weighted by Crippen LogP contribution is -2.47. The second-order valence-corrected chi connectivity index (χ2v) is 6.02. The van der Waals surface area contributed by atoms with Crippen molar-refractivity contribution in [3.8, 4) is 0 Å². The van der Waals surface area contributed by atoms with Crippen LogP contribution in [0.3, 0.4) is 0 Å². The number of likely N-dealkylation sites (tertiary alicyclic amines) is 1. The Balaban J connectivity index is 2.04. The zero-order chi connectivity index (χ0) is 15.4. The van der Waals surface area contributed by atoms with Gasteiger partial charge in [0.25, 0.3) is 0 Å². The lowest BCUT2D eigenvalue weighted by Gasteiger charge is -2.30. The number of hydrogen-bond acceptors (Lipinski definition) is 3. The first-order chi connectivity index (χ1) is 9.97. The summed E-state index contributed by atoms with van der Waals surface area (Å²) >= 11 is 3.26. The number of likely N-dealkylation sites (N-methyl/N-ethyl adjacent to an activating group) is 1. The molecule has 1 aromatic rings. The van der Waals surface area contributed by atoms with Gasteiger partial charge in [-0.2, -0.15) is 0 Å². The Hall–Kier alpha value is -1.60. The second kappa shape index (κ2) is 6.91. The molecule has 0 spiro atoms. The van der Waals surface area contributed by atoms with Crippen LogP contribution in [0.4, 0.5) is 10.5 Å². The lowest BCUT2D eigenvalue weighted by molar-refractivity contribution is 0.0698. The summed E-state index contributed by atoms with van der Waals surface area (Å²) < 4.78 is 0.540. The van der Waals surface area contributed by atoms with Crippen LogP contribution in [0, 0.1) is 0 Å². The highest BCUT2D eigenvalue weighted by atomic mass is 79.9. The number of benzene rings is 1. The third kappa shape index (κ3) is 4.18. The van der Waals surface area contributed by atoms with Crippen molar-refractivity contribution >= 4 is 33.6 Å².